The second kappa shape index (κ2) is 6.94. The highest BCUT2D eigenvalue weighted by Gasteiger charge is 2.23. The summed E-state index contributed by atoms with van der Waals surface area (Å²) < 4.78 is 0.958. The smallest absolute Gasteiger partial charge is 0.326 e. The van der Waals surface area contributed by atoms with E-state index in [4.69, 9.17) is 0 Å². The molecule has 104 valence electrons. The highest BCUT2D eigenvalue weighted by atomic mass is 79.9. The number of hydrogen-bond acceptors (Lipinski definition) is 2. The maximum absolute atomic E-state index is 11.4. The third kappa shape index (κ3) is 4.53. The molecule has 1 atom stereocenters. The van der Waals surface area contributed by atoms with Crippen LogP contribution in [0.15, 0.2) is 28.7 Å². The Labute approximate surface area is 122 Å². The summed E-state index contributed by atoms with van der Waals surface area (Å²) in [4.78, 5) is 11.4. The summed E-state index contributed by atoms with van der Waals surface area (Å²) in [6, 6.07) is 7.17. The lowest BCUT2D eigenvalue weighted by Crippen LogP contribution is -2.32. The summed E-state index contributed by atoms with van der Waals surface area (Å²) in [5, 5.41) is 12.5. The van der Waals surface area contributed by atoms with Crippen LogP contribution in [0.4, 0.5) is 5.69 Å². The minimum atomic E-state index is -0.759. The van der Waals surface area contributed by atoms with Gasteiger partial charge in [0, 0.05) is 10.2 Å². The largest absolute Gasteiger partial charge is 0.480 e. The summed E-state index contributed by atoms with van der Waals surface area (Å²) in [5.74, 6) is -0.208. The van der Waals surface area contributed by atoms with Gasteiger partial charge in [0.05, 0.1) is 0 Å². The molecule has 0 spiro atoms. The van der Waals surface area contributed by atoms with Crippen LogP contribution in [-0.4, -0.2) is 17.1 Å². The minimum Gasteiger partial charge on any atom is -0.480 e. The molecule has 19 heavy (non-hydrogen) atoms. The first-order valence-electron chi connectivity index (χ1n) is 6.90. The lowest BCUT2D eigenvalue weighted by Gasteiger charge is -2.25. The summed E-state index contributed by atoms with van der Waals surface area (Å²) >= 11 is 3.40. The number of carbonyl (C=O) groups is 1. The molecule has 2 rings (SSSR count). The van der Waals surface area contributed by atoms with Crippen molar-refractivity contribution in [2.75, 3.05) is 5.32 Å². The molecule has 1 aromatic rings. The standard InChI is InChI=1S/C15H20BrNO2/c16-12-7-4-8-13(10-12)17-14(15(18)19)9-11-5-2-1-3-6-11/h4,7-8,10-11,14,17H,1-3,5-6,9H2,(H,18,19). The Morgan fingerprint density at radius 2 is 2.11 bits per heavy atom. The zero-order valence-corrected chi connectivity index (χ0v) is 12.5. The van der Waals surface area contributed by atoms with Crippen LogP contribution in [0.5, 0.6) is 0 Å². The van der Waals surface area contributed by atoms with E-state index in [1.54, 1.807) is 0 Å². The normalized spacial score (nSPS) is 17.9. The maximum Gasteiger partial charge on any atom is 0.326 e. The van der Waals surface area contributed by atoms with E-state index in [1.165, 1.54) is 32.1 Å². The Kier molecular flexibility index (Phi) is 5.25. The van der Waals surface area contributed by atoms with E-state index in [0.717, 1.165) is 16.6 Å². The van der Waals surface area contributed by atoms with E-state index in [0.29, 0.717) is 5.92 Å². The van der Waals surface area contributed by atoms with Gasteiger partial charge in [-0.2, -0.15) is 0 Å². The van der Waals surface area contributed by atoms with Gasteiger partial charge in [-0.25, -0.2) is 4.79 Å². The van der Waals surface area contributed by atoms with Crippen molar-refractivity contribution in [3.8, 4) is 0 Å². The van der Waals surface area contributed by atoms with E-state index in [2.05, 4.69) is 21.2 Å². The summed E-state index contributed by atoms with van der Waals surface area (Å²) in [5.41, 5.74) is 0.859. The number of benzene rings is 1. The van der Waals surface area contributed by atoms with Crippen LogP contribution in [0.25, 0.3) is 0 Å². The van der Waals surface area contributed by atoms with Gasteiger partial charge in [0.1, 0.15) is 6.04 Å². The Bertz CT molecular complexity index is 430. The summed E-state index contributed by atoms with van der Waals surface area (Å²) in [6.45, 7) is 0. The summed E-state index contributed by atoms with van der Waals surface area (Å²) in [6.07, 6.45) is 6.85. The number of anilines is 1. The molecule has 2 N–H and O–H groups in total. The fourth-order valence-electron chi connectivity index (χ4n) is 2.76. The van der Waals surface area contributed by atoms with Gasteiger partial charge in [-0.15, -0.1) is 0 Å². The predicted molar refractivity (Wildman–Crippen MR) is 80.4 cm³/mol. The van der Waals surface area contributed by atoms with Gasteiger partial charge >= 0.3 is 5.97 Å². The maximum atomic E-state index is 11.4. The lowest BCUT2D eigenvalue weighted by atomic mass is 9.85. The van der Waals surface area contributed by atoms with Crippen molar-refractivity contribution in [1.29, 1.82) is 0 Å². The van der Waals surface area contributed by atoms with Gasteiger partial charge in [-0.1, -0.05) is 54.1 Å². The van der Waals surface area contributed by atoms with Crippen molar-refractivity contribution in [2.24, 2.45) is 5.92 Å². The van der Waals surface area contributed by atoms with Crippen LogP contribution < -0.4 is 5.32 Å². The van der Waals surface area contributed by atoms with Crippen molar-refractivity contribution in [1.82, 2.24) is 0 Å². The molecule has 1 fully saturated rings. The fraction of sp³-hybridized carbons (Fsp3) is 0.533. The second-order valence-electron chi connectivity index (χ2n) is 5.29. The molecule has 1 aliphatic carbocycles. The fourth-order valence-corrected chi connectivity index (χ4v) is 3.16. The second-order valence-corrected chi connectivity index (χ2v) is 6.20. The molecule has 1 unspecified atom stereocenters. The molecule has 0 heterocycles. The third-order valence-electron chi connectivity index (χ3n) is 3.76. The molecule has 1 saturated carbocycles. The van der Waals surface area contributed by atoms with Crippen molar-refractivity contribution in [3.63, 3.8) is 0 Å². The first-order chi connectivity index (χ1) is 9.15. The van der Waals surface area contributed by atoms with Gasteiger partial charge in [-0.3, -0.25) is 0 Å². The quantitative estimate of drug-likeness (QED) is 0.849. The van der Waals surface area contributed by atoms with Gasteiger partial charge in [-0.05, 0) is 30.5 Å². The predicted octanol–water partition coefficient (Wildman–Crippen LogP) is 4.28. The third-order valence-corrected chi connectivity index (χ3v) is 4.25. The zero-order valence-electron chi connectivity index (χ0n) is 10.9. The monoisotopic (exact) mass is 325 g/mol. The van der Waals surface area contributed by atoms with E-state index in [1.807, 2.05) is 24.3 Å². The Morgan fingerprint density at radius 1 is 1.37 bits per heavy atom. The highest BCUT2D eigenvalue weighted by Crippen LogP contribution is 2.28. The number of carboxylic acid groups (broad SMARTS) is 1. The molecule has 3 nitrogen and oxygen atoms in total. The Hall–Kier alpha value is -1.03. The molecule has 1 aromatic carbocycles. The first kappa shape index (κ1) is 14.4. The Morgan fingerprint density at radius 3 is 2.74 bits per heavy atom. The SMILES string of the molecule is O=C(O)C(CC1CCCCC1)Nc1cccc(Br)c1. The molecule has 0 saturated heterocycles. The topological polar surface area (TPSA) is 49.3 Å². The number of aliphatic carboxylic acids is 1. The van der Waals surface area contributed by atoms with Crippen LogP contribution in [0.1, 0.15) is 38.5 Å². The van der Waals surface area contributed by atoms with E-state index < -0.39 is 12.0 Å². The Balaban J connectivity index is 1.97. The number of rotatable bonds is 5. The molecule has 0 radical (unpaired) electrons. The molecule has 0 bridgehead atoms. The number of carboxylic acids is 1. The molecule has 1 aliphatic rings. The average Bonchev–Trinajstić information content (AvgIpc) is 2.39. The van der Waals surface area contributed by atoms with Crippen LogP contribution in [0.2, 0.25) is 0 Å². The van der Waals surface area contributed by atoms with Crippen molar-refractivity contribution in [2.45, 2.75) is 44.6 Å². The lowest BCUT2D eigenvalue weighted by molar-refractivity contribution is -0.138. The first-order valence-corrected chi connectivity index (χ1v) is 7.69. The molecule has 0 aromatic heterocycles. The van der Waals surface area contributed by atoms with Crippen molar-refractivity contribution >= 4 is 27.6 Å². The van der Waals surface area contributed by atoms with Gasteiger partial charge < -0.3 is 10.4 Å². The van der Waals surface area contributed by atoms with E-state index in [9.17, 15) is 9.90 Å². The van der Waals surface area contributed by atoms with Crippen LogP contribution >= 0.6 is 15.9 Å². The molecular formula is C15H20BrNO2. The van der Waals surface area contributed by atoms with Gasteiger partial charge in [0.25, 0.3) is 0 Å². The number of hydrogen-bond donors (Lipinski definition) is 2. The zero-order chi connectivity index (χ0) is 13.7. The van der Waals surface area contributed by atoms with Gasteiger partial charge in [0.2, 0.25) is 0 Å². The highest BCUT2D eigenvalue weighted by molar-refractivity contribution is 9.10. The van der Waals surface area contributed by atoms with Crippen LogP contribution in [0, 0.1) is 5.92 Å². The molecule has 4 heteroatoms. The van der Waals surface area contributed by atoms with Crippen LogP contribution in [0.3, 0.4) is 0 Å². The van der Waals surface area contributed by atoms with Crippen molar-refractivity contribution < 1.29 is 9.90 Å². The van der Waals surface area contributed by atoms with Crippen molar-refractivity contribution in [3.05, 3.63) is 28.7 Å². The average molecular weight is 326 g/mol. The minimum absolute atomic E-state index is 0.489. The van der Waals surface area contributed by atoms with Gasteiger partial charge in [0.15, 0.2) is 0 Å². The molecule has 0 aliphatic heterocycles. The van der Waals surface area contributed by atoms with E-state index in [-0.39, 0.29) is 0 Å². The number of nitrogens with one attached hydrogen (secondary N) is 1. The number of halogens is 1. The molecular weight excluding hydrogens is 306 g/mol. The molecule has 0 amide bonds. The van der Waals surface area contributed by atoms with E-state index >= 15 is 0 Å². The van der Waals surface area contributed by atoms with Crippen LogP contribution in [-0.2, 0) is 4.79 Å². The summed E-state index contributed by atoms with van der Waals surface area (Å²) in [7, 11) is 0.